The Labute approximate surface area is 169 Å². The van der Waals surface area contributed by atoms with Crippen molar-refractivity contribution in [3.05, 3.63) is 22.2 Å². The van der Waals surface area contributed by atoms with Gasteiger partial charge in [-0.1, -0.05) is 0 Å². The lowest BCUT2D eigenvalue weighted by Gasteiger charge is -2.31. The van der Waals surface area contributed by atoms with Crippen LogP contribution >= 0.6 is 23.0 Å². The molecule has 170 valence electrons. The highest BCUT2D eigenvalue weighted by atomic mass is 31.3. The van der Waals surface area contributed by atoms with Crippen molar-refractivity contribution < 1.29 is 51.3 Å². The number of carbonyl (C=O) groups is 1. The number of carbonyl (C=O) groups excluding carboxylic acids is 1. The second kappa shape index (κ2) is 9.09. The third-order valence-corrected chi connectivity index (χ3v) is 7.98. The number of hydrogen-bond donors (Lipinski definition) is 2. The largest absolute Gasteiger partial charge is 0.756 e. The van der Waals surface area contributed by atoms with Gasteiger partial charge in [-0.3, -0.25) is 27.4 Å². The van der Waals surface area contributed by atoms with Crippen molar-refractivity contribution in [2.75, 3.05) is 25.7 Å². The Balaban J connectivity index is 2.05. The molecule has 0 amide bonds. The number of hydrogen-bond acceptors (Lipinski definition) is 14. The van der Waals surface area contributed by atoms with E-state index in [4.69, 9.17) is 10.5 Å². The van der Waals surface area contributed by atoms with Crippen LogP contribution in [0.2, 0.25) is 0 Å². The number of phosphoric ester groups is 1. The minimum absolute atomic E-state index is 0.111. The quantitative estimate of drug-likeness (QED) is 0.307. The van der Waals surface area contributed by atoms with Crippen molar-refractivity contribution in [1.29, 1.82) is 0 Å². The Morgan fingerprint density at radius 1 is 1.33 bits per heavy atom. The summed E-state index contributed by atoms with van der Waals surface area (Å²) in [5.74, 6) is -0.304. The molecule has 30 heavy (non-hydrogen) atoms. The molecule has 0 bridgehead atoms. The molecule has 1 aliphatic rings. The van der Waals surface area contributed by atoms with Crippen molar-refractivity contribution >= 4 is 35.1 Å². The lowest BCUT2D eigenvalue weighted by Crippen LogP contribution is -2.29. The second-order valence-electron chi connectivity index (χ2n) is 6.43. The van der Waals surface area contributed by atoms with Crippen LogP contribution in [0.4, 0.5) is 5.82 Å². The highest BCUT2D eigenvalue weighted by Gasteiger charge is 2.37. The van der Waals surface area contributed by atoms with E-state index in [1.165, 1.54) is 0 Å². The number of anilines is 1. The molecule has 2 heterocycles. The molecular formula is C12H18N3O12P3-2. The van der Waals surface area contributed by atoms with E-state index in [0.29, 0.717) is 6.29 Å². The standard InChI is InChI=1S/C12H20N3O12P3/c1-28(2,19)26-30(22,23)27-29(20,21)24-6-9-8(17)3-10(25-9)15-4-7(5-16)11(13)14-12(15)18/h4-5,8-10,17H,3,6H2,1-2H3,(H,20,21)(H,22,23)(H2,13,14,18)/p-2. The molecule has 5 unspecified atom stereocenters. The Morgan fingerprint density at radius 2 is 1.97 bits per heavy atom. The van der Waals surface area contributed by atoms with Gasteiger partial charge in [0.25, 0.3) is 15.6 Å². The van der Waals surface area contributed by atoms with Gasteiger partial charge < -0.3 is 29.9 Å². The van der Waals surface area contributed by atoms with E-state index in [1.54, 1.807) is 0 Å². The van der Waals surface area contributed by atoms with Crippen molar-refractivity contribution in [3.8, 4) is 0 Å². The van der Waals surface area contributed by atoms with Crippen LogP contribution in [0, 0.1) is 0 Å². The molecule has 0 aliphatic carbocycles. The molecular weight excluding hydrogens is 471 g/mol. The highest BCUT2D eigenvalue weighted by molar-refractivity contribution is 7.69. The minimum Gasteiger partial charge on any atom is -0.756 e. The third kappa shape index (κ3) is 6.89. The molecule has 1 fully saturated rings. The molecule has 3 N–H and O–H groups in total. The van der Waals surface area contributed by atoms with E-state index < -0.39 is 53.7 Å². The fourth-order valence-electron chi connectivity index (χ4n) is 2.40. The van der Waals surface area contributed by atoms with Gasteiger partial charge in [-0.2, -0.15) is 4.98 Å². The van der Waals surface area contributed by atoms with Crippen LogP contribution in [0.3, 0.4) is 0 Å². The van der Waals surface area contributed by atoms with Gasteiger partial charge in [0.15, 0.2) is 6.29 Å². The normalized spacial score (nSPS) is 26.1. The first-order valence-electron chi connectivity index (χ1n) is 8.04. The number of aromatic nitrogens is 2. The molecule has 0 spiro atoms. The molecule has 15 nitrogen and oxygen atoms in total. The number of ether oxygens (including phenoxy) is 1. The fraction of sp³-hybridized carbons (Fsp3) is 0.583. The number of rotatable bonds is 9. The summed E-state index contributed by atoms with van der Waals surface area (Å²) in [7, 11) is -14.6. The first kappa shape index (κ1) is 25.0. The summed E-state index contributed by atoms with van der Waals surface area (Å²) in [6.07, 6.45) is -2.59. The molecule has 2 rings (SSSR count). The van der Waals surface area contributed by atoms with Crippen LogP contribution in [0.1, 0.15) is 23.0 Å². The van der Waals surface area contributed by atoms with Crippen LogP contribution in [-0.4, -0.2) is 53.1 Å². The van der Waals surface area contributed by atoms with Gasteiger partial charge in [0.1, 0.15) is 18.1 Å². The molecule has 1 aromatic heterocycles. The zero-order valence-electron chi connectivity index (χ0n) is 15.6. The maximum absolute atomic E-state index is 11.9. The topological polar surface area (TPSA) is 232 Å². The van der Waals surface area contributed by atoms with Crippen molar-refractivity contribution in [2.24, 2.45) is 0 Å². The zero-order chi connectivity index (χ0) is 22.9. The number of nitrogens with two attached hydrogens (primary N) is 1. The predicted octanol–water partition coefficient (Wildman–Crippen LogP) is -1.19. The summed E-state index contributed by atoms with van der Waals surface area (Å²) in [5.41, 5.74) is 4.42. The van der Waals surface area contributed by atoms with E-state index in [-0.39, 0.29) is 17.8 Å². The lowest BCUT2D eigenvalue weighted by atomic mass is 10.2. The average Bonchev–Trinajstić information content (AvgIpc) is 2.90. The SMILES string of the molecule is CP(C)(=O)OP(=O)([O-])OP(=O)([O-])OCC1OC(n2cc(C=O)c(N)nc2=O)CC1O. The molecule has 1 aromatic rings. The van der Waals surface area contributed by atoms with Gasteiger partial charge >= 0.3 is 5.69 Å². The van der Waals surface area contributed by atoms with Crippen molar-refractivity contribution in [3.63, 3.8) is 0 Å². The van der Waals surface area contributed by atoms with Gasteiger partial charge in [0.2, 0.25) is 7.37 Å². The Hall–Kier alpha value is -1.24. The Kier molecular flexibility index (Phi) is 7.58. The van der Waals surface area contributed by atoms with Crippen LogP contribution in [0.5, 0.6) is 0 Å². The van der Waals surface area contributed by atoms with E-state index in [9.17, 15) is 38.2 Å². The van der Waals surface area contributed by atoms with E-state index in [0.717, 1.165) is 24.1 Å². The second-order valence-corrected chi connectivity index (χ2v) is 12.3. The third-order valence-electron chi connectivity index (χ3n) is 3.55. The summed E-state index contributed by atoms with van der Waals surface area (Å²) < 4.78 is 53.0. The number of aliphatic hydroxyl groups is 1. The fourth-order valence-corrected chi connectivity index (χ4v) is 6.21. The summed E-state index contributed by atoms with van der Waals surface area (Å²) in [6, 6.07) is 0. The lowest BCUT2D eigenvalue weighted by molar-refractivity contribution is -0.241. The molecule has 18 heteroatoms. The van der Waals surface area contributed by atoms with Crippen molar-refractivity contribution in [1.82, 2.24) is 9.55 Å². The van der Waals surface area contributed by atoms with Gasteiger partial charge in [-0.05, 0) is 0 Å². The minimum atomic E-state index is -5.51. The van der Waals surface area contributed by atoms with Gasteiger partial charge in [-0.15, -0.1) is 0 Å². The summed E-state index contributed by atoms with van der Waals surface area (Å²) in [5, 5.41) is 10.0. The van der Waals surface area contributed by atoms with Crippen molar-refractivity contribution in [2.45, 2.75) is 24.9 Å². The first-order valence-corrected chi connectivity index (χ1v) is 13.5. The van der Waals surface area contributed by atoms with E-state index in [2.05, 4.69) is 18.1 Å². The van der Waals surface area contributed by atoms with Gasteiger partial charge in [0, 0.05) is 25.9 Å². The Morgan fingerprint density at radius 3 is 2.53 bits per heavy atom. The number of nitrogen functional groups attached to an aromatic ring is 1. The summed E-state index contributed by atoms with van der Waals surface area (Å²) in [6.45, 7) is 0.959. The number of phosphoric acid groups is 2. The number of aliphatic hydroxyl groups excluding tert-OH is 1. The van der Waals surface area contributed by atoms with Gasteiger partial charge in [0.05, 0.1) is 18.3 Å². The maximum atomic E-state index is 11.9. The monoisotopic (exact) mass is 489 g/mol. The molecule has 0 aromatic carbocycles. The molecule has 0 radical (unpaired) electrons. The molecule has 0 saturated carbocycles. The van der Waals surface area contributed by atoms with Crippen LogP contribution in [0.15, 0.2) is 11.0 Å². The first-order chi connectivity index (χ1) is 13.6. The Bertz CT molecular complexity index is 1010. The van der Waals surface area contributed by atoms with Gasteiger partial charge in [-0.25, -0.2) is 9.11 Å². The number of nitrogens with zero attached hydrogens (tertiary/aromatic N) is 2. The summed E-state index contributed by atoms with van der Waals surface area (Å²) in [4.78, 5) is 49.5. The molecule has 1 saturated heterocycles. The molecule has 5 atom stereocenters. The van der Waals surface area contributed by atoms with Crippen LogP contribution in [0.25, 0.3) is 0 Å². The molecule has 1 aliphatic heterocycles. The van der Waals surface area contributed by atoms with E-state index in [1.807, 2.05) is 0 Å². The summed E-state index contributed by atoms with van der Waals surface area (Å²) >= 11 is 0. The number of aldehydes is 1. The predicted molar refractivity (Wildman–Crippen MR) is 95.6 cm³/mol. The maximum Gasteiger partial charge on any atom is 0.351 e. The smallest absolute Gasteiger partial charge is 0.351 e. The van der Waals surface area contributed by atoms with Crippen LogP contribution < -0.4 is 21.2 Å². The van der Waals surface area contributed by atoms with E-state index >= 15 is 0 Å². The van der Waals surface area contributed by atoms with Crippen LogP contribution in [-0.2, 0) is 31.6 Å². The highest BCUT2D eigenvalue weighted by Crippen LogP contribution is 2.62. The zero-order valence-corrected chi connectivity index (χ0v) is 18.2. The average molecular weight is 489 g/mol.